The summed E-state index contributed by atoms with van der Waals surface area (Å²) in [5.41, 5.74) is 0.372. The number of benzene rings is 1. The first-order valence-corrected chi connectivity index (χ1v) is 6.13. The van der Waals surface area contributed by atoms with Crippen LogP contribution < -0.4 is 5.32 Å². The molecule has 0 aliphatic heterocycles. The Morgan fingerprint density at radius 2 is 1.94 bits per heavy atom. The second kappa shape index (κ2) is 6.81. The van der Waals surface area contributed by atoms with Crippen molar-refractivity contribution in [1.82, 2.24) is 5.32 Å². The molecule has 0 spiro atoms. The van der Waals surface area contributed by atoms with Crippen LogP contribution in [0.3, 0.4) is 0 Å². The monoisotopic (exact) mass is 257 g/mol. The molecule has 0 radical (unpaired) electrons. The molecule has 1 rings (SSSR count). The SMILES string of the molecule is CNC(Cc1cc(F)ccc1F)C(OC)C(C)C. The molecule has 1 N–H and O–H groups in total. The van der Waals surface area contributed by atoms with Crippen molar-refractivity contribution in [3.05, 3.63) is 35.4 Å². The fraction of sp³-hybridized carbons (Fsp3) is 0.571. The third kappa shape index (κ3) is 3.75. The zero-order valence-corrected chi connectivity index (χ0v) is 11.3. The first-order valence-electron chi connectivity index (χ1n) is 6.13. The summed E-state index contributed by atoms with van der Waals surface area (Å²) in [6, 6.07) is 3.48. The second-order valence-corrected chi connectivity index (χ2v) is 4.78. The fourth-order valence-corrected chi connectivity index (χ4v) is 2.22. The number of hydrogen-bond acceptors (Lipinski definition) is 2. The van der Waals surface area contributed by atoms with E-state index in [0.717, 1.165) is 12.1 Å². The van der Waals surface area contributed by atoms with Crippen LogP contribution in [0.5, 0.6) is 0 Å². The largest absolute Gasteiger partial charge is 0.380 e. The molecule has 0 bridgehead atoms. The lowest BCUT2D eigenvalue weighted by Gasteiger charge is -2.29. The van der Waals surface area contributed by atoms with Crippen molar-refractivity contribution in [3.63, 3.8) is 0 Å². The number of halogens is 2. The van der Waals surface area contributed by atoms with Crippen molar-refractivity contribution in [3.8, 4) is 0 Å². The first kappa shape index (κ1) is 15.1. The van der Waals surface area contributed by atoms with Gasteiger partial charge in [-0.1, -0.05) is 13.8 Å². The summed E-state index contributed by atoms with van der Waals surface area (Å²) in [4.78, 5) is 0. The van der Waals surface area contributed by atoms with Crippen LogP contribution >= 0.6 is 0 Å². The van der Waals surface area contributed by atoms with Crippen molar-refractivity contribution in [2.75, 3.05) is 14.2 Å². The Bertz CT molecular complexity index is 382. The van der Waals surface area contributed by atoms with E-state index >= 15 is 0 Å². The molecule has 0 saturated carbocycles. The Labute approximate surface area is 107 Å². The maximum Gasteiger partial charge on any atom is 0.126 e. The molecule has 0 heterocycles. The van der Waals surface area contributed by atoms with Gasteiger partial charge in [0.1, 0.15) is 11.6 Å². The average molecular weight is 257 g/mol. The van der Waals surface area contributed by atoms with E-state index in [9.17, 15) is 8.78 Å². The molecule has 0 saturated heterocycles. The zero-order valence-electron chi connectivity index (χ0n) is 11.3. The molecule has 0 fully saturated rings. The standard InChI is InChI=1S/C14H21F2NO/c1-9(2)14(18-4)13(17-3)8-10-7-11(15)5-6-12(10)16/h5-7,9,13-14,17H,8H2,1-4H3. The molecule has 1 aromatic carbocycles. The molecule has 1 aromatic rings. The molecule has 0 aliphatic rings. The predicted molar refractivity (Wildman–Crippen MR) is 68.5 cm³/mol. The minimum atomic E-state index is -0.417. The van der Waals surface area contributed by atoms with Gasteiger partial charge in [-0.3, -0.25) is 0 Å². The number of rotatable bonds is 6. The number of methoxy groups -OCH3 is 1. The van der Waals surface area contributed by atoms with Crippen molar-refractivity contribution >= 4 is 0 Å². The predicted octanol–water partition coefficient (Wildman–Crippen LogP) is 2.77. The number of nitrogens with one attached hydrogen (secondary N) is 1. The van der Waals surface area contributed by atoms with Gasteiger partial charge in [0.25, 0.3) is 0 Å². The summed E-state index contributed by atoms with van der Waals surface area (Å²) < 4.78 is 32.2. The Balaban J connectivity index is 2.88. The molecule has 2 unspecified atom stereocenters. The van der Waals surface area contributed by atoms with Crippen LogP contribution in [0.25, 0.3) is 0 Å². The van der Waals surface area contributed by atoms with E-state index in [4.69, 9.17) is 4.74 Å². The van der Waals surface area contributed by atoms with E-state index in [-0.39, 0.29) is 18.0 Å². The van der Waals surface area contributed by atoms with Crippen molar-refractivity contribution in [1.29, 1.82) is 0 Å². The second-order valence-electron chi connectivity index (χ2n) is 4.78. The highest BCUT2D eigenvalue weighted by Crippen LogP contribution is 2.17. The molecule has 0 aromatic heterocycles. The van der Waals surface area contributed by atoms with Crippen molar-refractivity contribution in [2.45, 2.75) is 32.4 Å². The average Bonchev–Trinajstić information content (AvgIpc) is 2.32. The molecule has 2 nitrogen and oxygen atoms in total. The highest BCUT2D eigenvalue weighted by Gasteiger charge is 2.24. The summed E-state index contributed by atoms with van der Waals surface area (Å²) in [6.07, 6.45) is 0.356. The van der Waals surface area contributed by atoms with Gasteiger partial charge in [-0.05, 0) is 43.1 Å². The van der Waals surface area contributed by atoms with E-state index in [1.165, 1.54) is 6.07 Å². The highest BCUT2D eigenvalue weighted by atomic mass is 19.1. The van der Waals surface area contributed by atoms with Crippen LogP contribution in [0.4, 0.5) is 8.78 Å². The lowest BCUT2D eigenvalue weighted by atomic mass is 9.94. The number of ether oxygens (including phenoxy) is 1. The molecule has 0 amide bonds. The molecular weight excluding hydrogens is 236 g/mol. The number of hydrogen-bond donors (Lipinski definition) is 1. The van der Waals surface area contributed by atoms with Crippen LogP contribution in [0.15, 0.2) is 18.2 Å². The van der Waals surface area contributed by atoms with Gasteiger partial charge in [-0.2, -0.15) is 0 Å². The van der Waals surface area contributed by atoms with Gasteiger partial charge in [0, 0.05) is 13.2 Å². The van der Waals surface area contributed by atoms with Gasteiger partial charge in [0.15, 0.2) is 0 Å². The summed E-state index contributed by atoms with van der Waals surface area (Å²) in [6.45, 7) is 4.08. The summed E-state index contributed by atoms with van der Waals surface area (Å²) in [7, 11) is 3.44. The van der Waals surface area contributed by atoms with Crippen molar-refractivity contribution < 1.29 is 13.5 Å². The van der Waals surface area contributed by atoms with E-state index in [2.05, 4.69) is 5.32 Å². The van der Waals surface area contributed by atoms with Crippen LogP contribution in [0.2, 0.25) is 0 Å². The van der Waals surface area contributed by atoms with Gasteiger partial charge in [0.05, 0.1) is 6.10 Å². The van der Waals surface area contributed by atoms with Crippen LogP contribution in [-0.4, -0.2) is 26.3 Å². The Morgan fingerprint density at radius 1 is 1.28 bits per heavy atom. The van der Waals surface area contributed by atoms with Gasteiger partial charge in [-0.15, -0.1) is 0 Å². The summed E-state index contributed by atoms with van der Waals surface area (Å²) >= 11 is 0. The minimum Gasteiger partial charge on any atom is -0.380 e. The van der Waals surface area contributed by atoms with Gasteiger partial charge < -0.3 is 10.1 Å². The molecule has 0 aliphatic carbocycles. The normalized spacial score (nSPS) is 14.8. The van der Waals surface area contributed by atoms with Gasteiger partial charge in [-0.25, -0.2) is 8.78 Å². The van der Waals surface area contributed by atoms with Crippen molar-refractivity contribution in [2.24, 2.45) is 5.92 Å². The first-order chi connectivity index (χ1) is 8.49. The topological polar surface area (TPSA) is 21.3 Å². The minimum absolute atomic E-state index is 0.0438. The van der Waals surface area contributed by atoms with Gasteiger partial charge in [0.2, 0.25) is 0 Å². The van der Waals surface area contributed by atoms with Gasteiger partial charge >= 0.3 is 0 Å². The Morgan fingerprint density at radius 3 is 2.44 bits per heavy atom. The molecule has 102 valence electrons. The lowest BCUT2D eigenvalue weighted by Crippen LogP contribution is -2.43. The van der Waals surface area contributed by atoms with E-state index < -0.39 is 5.82 Å². The summed E-state index contributed by atoms with van der Waals surface area (Å²) in [5, 5.41) is 3.12. The van der Waals surface area contributed by atoms with E-state index in [1.54, 1.807) is 14.2 Å². The third-order valence-electron chi connectivity index (χ3n) is 3.14. The quantitative estimate of drug-likeness (QED) is 0.846. The number of likely N-dealkylation sites (N-methyl/N-ethyl adjacent to an activating group) is 1. The van der Waals surface area contributed by atoms with Crippen LogP contribution in [0, 0.1) is 17.6 Å². The Kier molecular flexibility index (Phi) is 5.69. The molecular formula is C14H21F2NO. The van der Waals surface area contributed by atoms with E-state index in [1.807, 2.05) is 13.8 Å². The maximum atomic E-state index is 13.6. The molecule has 18 heavy (non-hydrogen) atoms. The Hall–Kier alpha value is -1.00. The van der Waals surface area contributed by atoms with E-state index in [0.29, 0.717) is 17.9 Å². The van der Waals surface area contributed by atoms with Crippen LogP contribution in [0.1, 0.15) is 19.4 Å². The fourth-order valence-electron chi connectivity index (χ4n) is 2.22. The summed E-state index contributed by atoms with van der Waals surface area (Å²) in [5.74, 6) is -0.501. The van der Waals surface area contributed by atoms with Crippen LogP contribution in [-0.2, 0) is 11.2 Å². The smallest absolute Gasteiger partial charge is 0.126 e. The maximum absolute atomic E-state index is 13.6. The molecule has 4 heteroatoms. The third-order valence-corrected chi connectivity index (χ3v) is 3.14. The lowest BCUT2D eigenvalue weighted by molar-refractivity contribution is 0.0352. The zero-order chi connectivity index (χ0) is 13.7. The molecule has 2 atom stereocenters. The highest BCUT2D eigenvalue weighted by molar-refractivity contribution is 5.20.